The van der Waals surface area contributed by atoms with Crippen LogP contribution in [-0.2, 0) is 0 Å². The van der Waals surface area contributed by atoms with Crippen LogP contribution in [0.3, 0.4) is 0 Å². The van der Waals surface area contributed by atoms with Crippen LogP contribution in [0.2, 0.25) is 5.02 Å². The average molecular weight is 326 g/mol. The van der Waals surface area contributed by atoms with E-state index in [4.69, 9.17) is 16.3 Å². The van der Waals surface area contributed by atoms with E-state index in [0.717, 1.165) is 10.0 Å². The van der Waals surface area contributed by atoms with E-state index in [1.165, 1.54) is 0 Å². The summed E-state index contributed by atoms with van der Waals surface area (Å²) >= 11 is 9.29. The lowest BCUT2D eigenvalue weighted by Crippen LogP contribution is -2.10. The summed E-state index contributed by atoms with van der Waals surface area (Å²) < 4.78 is 6.11. The van der Waals surface area contributed by atoms with E-state index in [0.29, 0.717) is 16.3 Å². The van der Waals surface area contributed by atoms with Gasteiger partial charge in [-0.2, -0.15) is 0 Å². The van der Waals surface area contributed by atoms with Crippen LogP contribution in [0.1, 0.15) is 15.9 Å². The van der Waals surface area contributed by atoms with E-state index >= 15 is 0 Å². The highest BCUT2D eigenvalue weighted by Gasteiger charge is 2.12. The van der Waals surface area contributed by atoms with Gasteiger partial charge in [-0.05, 0) is 36.8 Å². The minimum absolute atomic E-state index is 0.355. The van der Waals surface area contributed by atoms with Gasteiger partial charge in [0.2, 0.25) is 0 Å². The predicted molar refractivity (Wildman–Crippen MR) is 75.3 cm³/mol. The van der Waals surface area contributed by atoms with Crippen LogP contribution in [0, 0.1) is 6.92 Å². The topological polar surface area (TPSA) is 26.3 Å². The third-order valence-electron chi connectivity index (χ3n) is 2.46. The summed E-state index contributed by atoms with van der Waals surface area (Å²) in [5.74, 6) is -0.0505. The Hall–Kier alpha value is -1.32. The van der Waals surface area contributed by atoms with Gasteiger partial charge in [-0.1, -0.05) is 45.7 Å². The quantitative estimate of drug-likeness (QED) is 0.594. The van der Waals surface area contributed by atoms with Crippen molar-refractivity contribution in [3.63, 3.8) is 0 Å². The molecule has 0 radical (unpaired) electrons. The van der Waals surface area contributed by atoms with Gasteiger partial charge in [-0.25, -0.2) is 4.79 Å². The summed E-state index contributed by atoms with van der Waals surface area (Å²) in [6.07, 6.45) is 0. The number of benzene rings is 2. The van der Waals surface area contributed by atoms with Crippen molar-refractivity contribution in [2.24, 2.45) is 0 Å². The molecule has 4 heteroatoms. The Morgan fingerprint density at radius 1 is 1.22 bits per heavy atom. The first kappa shape index (κ1) is 13.1. The van der Waals surface area contributed by atoms with E-state index in [-0.39, 0.29) is 0 Å². The van der Waals surface area contributed by atoms with Crippen LogP contribution in [0.15, 0.2) is 46.9 Å². The molecule has 0 bridgehead atoms. The SMILES string of the molecule is Cc1ccccc1C(=O)Oc1ccc(Br)cc1Cl. The van der Waals surface area contributed by atoms with Crippen molar-refractivity contribution >= 4 is 33.5 Å². The molecule has 0 aliphatic heterocycles. The van der Waals surface area contributed by atoms with Crippen LogP contribution >= 0.6 is 27.5 Å². The first-order valence-corrected chi connectivity index (χ1v) is 6.48. The lowest BCUT2D eigenvalue weighted by Gasteiger charge is -2.08. The molecule has 0 N–H and O–H groups in total. The minimum atomic E-state index is -0.405. The maximum Gasteiger partial charge on any atom is 0.343 e. The van der Waals surface area contributed by atoms with Crippen molar-refractivity contribution in [1.82, 2.24) is 0 Å². The van der Waals surface area contributed by atoms with Gasteiger partial charge < -0.3 is 4.74 Å². The first-order valence-electron chi connectivity index (χ1n) is 5.31. The Morgan fingerprint density at radius 2 is 1.94 bits per heavy atom. The fourth-order valence-corrected chi connectivity index (χ4v) is 2.23. The van der Waals surface area contributed by atoms with Crippen LogP contribution < -0.4 is 4.74 Å². The van der Waals surface area contributed by atoms with Gasteiger partial charge in [0.05, 0.1) is 10.6 Å². The molecule has 0 saturated carbocycles. The Balaban J connectivity index is 2.24. The number of esters is 1. The zero-order valence-electron chi connectivity index (χ0n) is 9.61. The number of aryl methyl sites for hydroxylation is 1. The molecule has 92 valence electrons. The van der Waals surface area contributed by atoms with Gasteiger partial charge in [0.15, 0.2) is 0 Å². The van der Waals surface area contributed by atoms with Crippen molar-refractivity contribution in [2.45, 2.75) is 6.92 Å². The fourth-order valence-electron chi connectivity index (χ4n) is 1.51. The molecule has 0 unspecified atom stereocenters. The molecule has 0 atom stereocenters. The summed E-state index contributed by atoms with van der Waals surface area (Å²) in [7, 11) is 0. The predicted octanol–water partition coefficient (Wildman–Crippen LogP) is 4.63. The molecule has 0 saturated heterocycles. The molecule has 0 heterocycles. The summed E-state index contributed by atoms with van der Waals surface area (Å²) in [6.45, 7) is 1.86. The number of ether oxygens (including phenoxy) is 1. The Labute approximate surface area is 119 Å². The second-order valence-corrected chi connectivity index (χ2v) is 5.10. The summed E-state index contributed by atoms with van der Waals surface area (Å²) in [5, 5.41) is 0.395. The van der Waals surface area contributed by atoms with Crippen LogP contribution in [0.25, 0.3) is 0 Å². The van der Waals surface area contributed by atoms with E-state index in [1.807, 2.05) is 19.1 Å². The van der Waals surface area contributed by atoms with Crippen LogP contribution in [0.5, 0.6) is 5.75 Å². The van der Waals surface area contributed by atoms with E-state index in [2.05, 4.69) is 15.9 Å². The lowest BCUT2D eigenvalue weighted by atomic mass is 10.1. The third kappa shape index (κ3) is 2.92. The Bertz CT molecular complexity index is 596. The van der Waals surface area contributed by atoms with Crippen LogP contribution in [0.4, 0.5) is 0 Å². The van der Waals surface area contributed by atoms with Gasteiger partial charge in [0, 0.05) is 4.47 Å². The normalized spacial score (nSPS) is 10.2. The largest absolute Gasteiger partial charge is 0.421 e. The maximum atomic E-state index is 12.0. The number of hydrogen-bond donors (Lipinski definition) is 0. The number of hydrogen-bond acceptors (Lipinski definition) is 2. The fraction of sp³-hybridized carbons (Fsp3) is 0.0714. The summed E-state index contributed by atoms with van der Waals surface area (Å²) in [4.78, 5) is 12.0. The van der Waals surface area contributed by atoms with Gasteiger partial charge in [0.25, 0.3) is 0 Å². The van der Waals surface area contributed by atoms with Crippen molar-refractivity contribution in [1.29, 1.82) is 0 Å². The molecule has 0 spiro atoms. The van der Waals surface area contributed by atoms with Gasteiger partial charge >= 0.3 is 5.97 Å². The van der Waals surface area contributed by atoms with Crippen molar-refractivity contribution in [3.05, 3.63) is 63.1 Å². The minimum Gasteiger partial charge on any atom is -0.421 e. The van der Waals surface area contributed by atoms with Gasteiger partial charge in [-0.3, -0.25) is 0 Å². The van der Waals surface area contributed by atoms with Crippen molar-refractivity contribution < 1.29 is 9.53 Å². The number of halogens is 2. The highest BCUT2D eigenvalue weighted by molar-refractivity contribution is 9.10. The molecule has 0 amide bonds. The second kappa shape index (κ2) is 5.55. The average Bonchev–Trinajstić information content (AvgIpc) is 2.33. The standard InChI is InChI=1S/C14H10BrClO2/c1-9-4-2-3-5-11(9)14(17)18-13-7-6-10(15)8-12(13)16/h2-8H,1H3. The maximum absolute atomic E-state index is 12.0. The molecule has 2 aromatic carbocycles. The molecular weight excluding hydrogens is 316 g/mol. The second-order valence-electron chi connectivity index (χ2n) is 3.78. The van der Waals surface area contributed by atoms with Crippen LogP contribution in [-0.4, -0.2) is 5.97 Å². The number of carbonyl (C=O) groups excluding carboxylic acids is 1. The Kier molecular flexibility index (Phi) is 4.04. The zero-order chi connectivity index (χ0) is 13.1. The molecular formula is C14H10BrClO2. The zero-order valence-corrected chi connectivity index (χ0v) is 12.0. The van der Waals surface area contributed by atoms with E-state index in [1.54, 1.807) is 30.3 Å². The molecule has 2 nitrogen and oxygen atoms in total. The van der Waals surface area contributed by atoms with Crippen molar-refractivity contribution in [3.8, 4) is 5.75 Å². The monoisotopic (exact) mass is 324 g/mol. The molecule has 2 rings (SSSR count). The van der Waals surface area contributed by atoms with Crippen molar-refractivity contribution in [2.75, 3.05) is 0 Å². The molecule has 0 aliphatic carbocycles. The first-order chi connectivity index (χ1) is 8.58. The van der Waals surface area contributed by atoms with Gasteiger partial charge in [-0.15, -0.1) is 0 Å². The molecule has 2 aromatic rings. The number of carbonyl (C=O) groups is 1. The molecule has 0 fully saturated rings. The summed E-state index contributed by atoms with van der Waals surface area (Å²) in [6, 6.07) is 12.4. The van der Waals surface area contributed by atoms with Gasteiger partial charge in [0.1, 0.15) is 5.75 Å². The van der Waals surface area contributed by atoms with E-state index in [9.17, 15) is 4.79 Å². The smallest absolute Gasteiger partial charge is 0.343 e. The highest BCUT2D eigenvalue weighted by atomic mass is 79.9. The summed E-state index contributed by atoms with van der Waals surface area (Å²) in [5.41, 5.74) is 1.41. The molecule has 0 aliphatic rings. The molecule has 18 heavy (non-hydrogen) atoms. The highest BCUT2D eigenvalue weighted by Crippen LogP contribution is 2.28. The Morgan fingerprint density at radius 3 is 2.61 bits per heavy atom. The lowest BCUT2D eigenvalue weighted by molar-refractivity contribution is 0.0734. The third-order valence-corrected chi connectivity index (χ3v) is 3.25. The number of rotatable bonds is 2. The van der Waals surface area contributed by atoms with E-state index < -0.39 is 5.97 Å². The molecule has 0 aromatic heterocycles.